The van der Waals surface area contributed by atoms with Crippen molar-refractivity contribution in [3.8, 4) is 33.6 Å². The first-order valence-electron chi connectivity index (χ1n) is 8.19. The Labute approximate surface area is 147 Å². The van der Waals surface area contributed by atoms with Gasteiger partial charge in [-0.1, -0.05) is 29.8 Å². The van der Waals surface area contributed by atoms with E-state index in [1.165, 1.54) is 5.56 Å². The van der Waals surface area contributed by atoms with E-state index in [9.17, 15) is 0 Å². The zero-order chi connectivity index (χ0) is 17.1. The Balaban J connectivity index is 1.92. The van der Waals surface area contributed by atoms with Crippen LogP contribution in [0, 0.1) is 6.92 Å². The Morgan fingerprint density at radius 3 is 1.88 bits per heavy atom. The van der Waals surface area contributed by atoms with Crippen molar-refractivity contribution in [2.45, 2.75) is 6.92 Å². The number of aryl methyl sites for hydroxylation is 1. The molecular formula is C22H17N3. The lowest BCUT2D eigenvalue weighted by Gasteiger charge is -2.10. The number of rotatable bonds is 3. The molecule has 0 bridgehead atoms. The van der Waals surface area contributed by atoms with Crippen LogP contribution >= 0.6 is 0 Å². The quantitative estimate of drug-likeness (QED) is 0.521. The molecule has 0 fully saturated rings. The molecule has 0 aliphatic carbocycles. The van der Waals surface area contributed by atoms with E-state index in [0.29, 0.717) is 0 Å². The van der Waals surface area contributed by atoms with Crippen LogP contribution in [0.25, 0.3) is 33.6 Å². The van der Waals surface area contributed by atoms with Crippen molar-refractivity contribution in [1.82, 2.24) is 15.0 Å². The van der Waals surface area contributed by atoms with Gasteiger partial charge in [-0.05, 0) is 48.9 Å². The fourth-order valence-corrected chi connectivity index (χ4v) is 2.85. The summed E-state index contributed by atoms with van der Waals surface area (Å²) in [6.07, 6.45) is 7.28. The highest BCUT2D eigenvalue weighted by Crippen LogP contribution is 2.29. The smallest absolute Gasteiger partial charge is 0.0731 e. The van der Waals surface area contributed by atoms with Gasteiger partial charge >= 0.3 is 0 Å². The van der Waals surface area contributed by atoms with E-state index in [4.69, 9.17) is 4.98 Å². The summed E-state index contributed by atoms with van der Waals surface area (Å²) in [5.41, 5.74) is 7.35. The van der Waals surface area contributed by atoms with Crippen molar-refractivity contribution in [3.05, 3.63) is 91.0 Å². The standard InChI is InChI=1S/C22H17N3/c1-16-5-2-6-17(11-16)21-12-20(18-7-3-9-23-14-18)13-22(25-21)19-8-4-10-24-15-19/h2-15H,1H3. The lowest BCUT2D eigenvalue weighted by Crippen LogP contribution is -1.92. The molecule has 0 atom stereocenters. The summed E-state index contributed by atoms with van der Waals surface area (Å²) in [6.45, 7) is 2.09. The van der Waals surface area contributed by atoms with E-state index in [2.05, 4.69) is 59.4 Å². The van der Waals surface area contributed by atoms with Crippen LogP contribution in [0.4, 0.5) is 0 Å². The number of nitrogens with zero attached hydrogens (tertiary/aromatic N) is 3. The second kappa shape index (κ2) is 6.65. The van der Waals surface area contributed by atoms with Crippen LogP contribution in [-0.2, 0) is 0 Å². The third-order valence-corrected chi connectivity index (χ3v) is 4.09. The average molecular weight is 323 g/mol. The molecule has 4 aromatic rings. The number of hydrogen-bond donors (Lipinski definition) is 0. The van der Waals surface area contributed by atoms with Gasteiger partial charge in [0.25, 0.3) is 0 Å². The monoisotopic (exact) mass is 323 g/mol. The van der Waals surface area contributed by atoms with Crippen molar-refractivity contribution in [2.24, 2.45) is 0 Å². The summed E-state index contributed by atoms with van der Waals surface area (Å²) >= 11 is 0. The Bertz CT molecular complexity index is 938. The van der Waals surface area contributed by atoms with E-state index < -0.39 is 0 Å². The molecule has 1 aromatic carbocycles. The summed E-state index contributed by atoms with van der Waals surface area (Å²) < 4.78 is 0. The van der Waals surface area contributed by atoms with Crippen LogP contribution < -0.4 is 0 Å². The van der Waals surface area contributed by atoms with Crippen LogP contribution in [0.15, 0.2) is 85.5 Å². The number of aromatic nitrogens is 3. The van der Waals surface area contributed by atoms with Crippen molar-refractivity contribution < 1.29 is 0 Å². The molecule has 0 N–H and O–H groups in total. The van der Waals surface area contributed by atoms with E-state index in [1.54, 1.807) is 12.4 Å². The third-order valence-electron chi connectivity index (χ3n) is 4.09. The zero-order valence-corrected chi connectivity index (χ0v) is 13.9. The maximum atomic E-state index is 4.88. The molecule has 4 rings (SSSR count). The lowest BCUT2D eigenvalue weighted by molar-refractivity contribution is 1.27. The predicted molar refractivity (Wildman–Crippen MR) is 101 cm³/mol. The first-order chi connectivity index (χ1) is 12.3. The topological polar surface area (TPSA) is 38.7 Å². The summed E-state index contributed by atoms with van der Waals surface area (Å²) in [7, 11) is 0. The van der Waals surface area contributed by atoms with Crippen LogP contribution in [-0.4, -0.2) is 15.0 Å². The number of benzene rings is 1. The molecule has 0 radical (unpaired) electrons. The molecule has 0 spiro atoms. The molecule has 3 aromatic heterocycles. The van der Waals surface area contributed by atoms with E-state index in [-0.39, 0.29) is 0 Å². The maximum absolute atomic E-state index is 4.88. The molecule has 0 amide bonds. The number of hydrogen-bond acceptors (Lipinski definition) is 3. The van der Waals surface area contributed by atoms with Gasteiger partial charge in [0.1, 0.15) is 0 Å². The molecule has 0 aliphatic heterocycles. The van der Waals surface area contributed by atoms with Crippen molar-refractivity contribution in [1.29, 1.82) is 0 Å². The van der Waals surface area contributed by atoms with Crippen LogP contribution in [0.3, 0.4) is 0 Å². The third kappa shape index (κ3) is 3.31. The van der Waals surface area contributed by atoms with Gasteiger partial charge in [0, 0.05) is 41.5 Å². The Morgan fingerprint density at radius 1 is 0.600 bits per heavy atom. The van der Waals surface area contributed by atoms with Gasteiger partial charge in [0.05, 0.1) is 11.4 Å². The van der Waals surface area contributed by atoms with Gasteiger partial charge in [-0.25, -0.2) is 4.98 Å². The maximum Gasteiger partial charge on any atom is 0.0731 e. The van der Waals surface area contributed by atoms with Crippen LogP contribution in [0.2, 0.25) is 0 Å². The lowest BCUT2D eigenvalue weighted by atomic mass is 10.0. The average Bonchev–Trinajstić information content (AvgIpc) is 2.69. The largest absolute Gasteiger partial charge is 0.264 e. The highest BCUT2D eigenvalue weighted by Gasteiger charge is 2.09. The fourth-order valence-electron chi connectivity index (χ4n) is 2.85. The predicted octanol–water partition coefficient (Wildman–Crippen LogP) is 5.18. The van der Waals surface area contributed by atoms with Gasteiger partial charge in [0.2, 0.25) is 0 Å². The van der Waals surface area contributed by atoms with Crippen LogP contribution in [0.1, 0.15) is 5.56 Å². The van der Waals surface area contributed by atoms with Gasteiger partial charge in [-0.15, -0.1) is 0 Å². The molecule has 120 valence electrons. The molecule has 3 heteroatoms. The minimum Gasteiger partial charge on any atom is -0.264 e. The Morgan fingerprint density at radius 2 is 1.24 bits per heavy atom. The second-order valence-corrected chi connectivity index (χ2v) is 5.98. The molecule has 0 saturated heterocycles. The summed E-state index contributed by atoms with van der Waals surface area (Å²) in [6, 6.07) is 20.6. The van der Waals surface area contributed by atoms with Crippen molar-refractivity contribution in [3.63, 3.8) is 0 Å². The molecule has 0 aliphatic rings. The fraction of sp³-hybridized carbons (Fsp3) is 0.0455. The van der Waals surface area contributed by atoms with E-state index in [1.807, 2.05) is 30.6 Å². The minimum atomic E-state index is 0.908. The zero-order valence-electron chi connectivity index (χ0n) is 13.9. The first kappa shape index (κ1) is 15.2. The molecule has 3 nitrogen and oxygen atoms in total. The normalized spacial score (nSPS) is 10.6. The SMILES string of the molecule is Cc1cccc(-c2cc(-c3cccnc3)cc(-c3cccnc3)n2)c1. The van der Waals surface area contributed by atoms with Crippen molar-refractivity contribution in [2.75, 3.05) is 0 Å². The summed E-state index contributed by atoms with van der Waals surface area (Å²) in [5.74, 6) is 0. The highest BCUT2D eigenvalue weighted by atomic mass is 14.7. The van der Waals surface area contributed by atoms with Gasteiger partial charge in [-0.3, -0.25) is 9.97 Å². The van der Waals surface area contributed by atoms with E-state index in [0.717, 1.165) is 33.6 Å². The molecule has 0 saturated carbocycles. The summed E-state index contributed by atoms with van der Waals surface area (Å²) in [5, 5.41) is 0. The molecule has 0 unspecified atom stereocenters. The van der Waals surface area contributed by atoms with Gasteiger partial charge in [-0.2, -0.15) is 0 Å². The first-order valence-corrected chi connectivity index (χ1v) is 8.19. The highest BCUT2D eigenvalue weighted by molar-refractivity contribution is 5.76. The van der Waals surface area contributed by atoms with E-state index >= 15 is 0 Å². The van der Waals surface area contributed by atoms with Crippen LogP contribution in [0.5, 0.6) is 0 Å². The second-order valence-electron chi connectivity index (χ2n) is 5.98. The molecule has 25 heavy (non-hydrogen) atoms. The number of pyridine rings is 3. The Kier molecular flexibility index (Phi) is 4.05. The Hall–Kier alpha value is -3.33. The summed E-state index contributed by atoms with van der Waals surface area (Å²) in [4.78, 5) is 13.4. The van der Waals surface area contributed by atoms with Gasteiger partial charge in [0.15, 0.2) is 0 Å². The van der Waals surface area contributed by atoms with Gasteiger partial charge < -0.3 is 0 Å². The van der Waals surface area contributed by atoms with Crippen molar-refractivity contribution >= 4 is 0 Å². The minimum absolute atomic E-state index is 0.908. The molecule has 3 heterocycles. The molecular weight excluding hydrogens is 306 g/mol.